The summed E-state index contributed by atoms with van der Waals surface area (Å²) in [4.78, 5) is 11.3. The maximum Gasteiger partial charge on any atom is 0.318 e. The topological polar surface area (TPSA) is 46.5 Å². The van der Waals surface area contributed by atoms with Crippen molar-refractivity contribution in [3.63, 3.8) is 0 Å². The number of hydrogen-bond donors (Lipinski definition) is 1. The molecule has 0 saturated heterocycles. The normalized spacial score (nSPS) is 18.8. The Labute approximate surface area is 97.2 Å². The van der Waals surface area contributed by atoms with Crippen LogP contribution < -0.4 is 0 Å². The van der Waals surface area contributed by atoms with Crippen LogP contribution in [0.3, 0.4) is 0 Å². The van der Waals surface area contributed by atoms with E-state index in [4.69, 9.17) is 4.74 Å². The van der Waals surface area contributed by atoms with Gasteiger partial charge in [0.25, 0.3) is 0 Å². The number of hydrogen-bond acceptors (Lipinski definition) is 3. The van der Waals surface area contributed by atoms with Crippen LogP contribution in [-0.4, -0.2) is 22.3 Å². The van der Waals surface area contributed by atoms with Gasteiger partial charge < -0.3 is 9.84 Å². The molecule has 1 rings (SSSR count). The third-order valence-electron chi connectivity index (χ3n) is 2.40. The van der Waals surface area contributed by atoms with Crippen molar-refractivity contribution in [3.05, 3.63) is 0 Å². The molecule has 0 radical (unpaired) electrons. The molecule has 3 heteroatoms. The highest BCUT2D eigenvalue weighted by Crippen LogP contribution is 2.28. The third-order valence-corrected chi connectivity index (χ3v) is 2.40. The molecule has 1 N–H and O–H groups in total. The van der Waals surface area contributed by atoms with E-state index in [1.54, 1.807) is 0 Å². The minimum Gasteiger partial charge on any atom is -0.459 e. The summed E-state index contributed by atoms with van der Waals surface area (Å²) in [6.07, 6.45) is 3.51. The molecule has 90 valence electrons. The second-order valence-corrected chi connectivity index (χ2v) is 5.30. The average Bonchev–Trinajstić information content (AvgIpc) is 2.49. The molecule has 3 nitrogen and oxygen atoms in total. The summed E-state index contributed by atoms with van der Waals surface area (Å²) in [5.41, 5.74) is -1.33. The van der Waals surface area contributed by atoms with Crippen LogP contribution in [0.4, 0.5) is 0 Å². The third kappa shape index (κ3) is 4.67. The summed E-state index contributed by atoms with van der Waals surface area (Å²) in [7, 11) is 0. The van der Waals surface area contributed by atoms with Crippen LogP contribution in [0.25, 0.3) is 0 Å². The zero-order valence-electron chi connectivity index (χ0n) is 10.3. The van der Waals surface area contributed by atoms with Gasteiger partial charge >= 0.3 is 5.97 Å². The first-order valence-electron chi connectivity index (χ1n) is 5.75. The summed E-state index contributed by atoms with van der Waals surface area (Å²) in [5.74, 6) is 5.16. The van der Waals surface area contributed by atoms with Crippen LogP contribution in [0.15, 0.2) is 0 Å². The van der Waals surface area contributed by atoms with Gasteiger partial charge in [-0.15, -0.1) is 0 Å². The van der Waals surface area contributed by atoms with E-state index in [1.807, 2.05) is 20.8 Å². The van der Waals surface area contributed by atoms with Gasteiger partial charge in [0.2, 0.25) is 0 Å². The van der Waals surface area contributed by atoms with Crippen molar-refractivity contribution in [2.45, 2.75) is 64.1 Å². The van der Waals surface area contributed by atoms with E-state index in [0.29, 0.717) is 12.8 Å². The van der Waals surface area contributed by atoms with Gasteiger partial charge in [0.1, 0.15) is 17.6 Å². The van der Waals surface area contributed by atoms with Crippen molar-refractivity contribution in [1.29, 1.82) is 0 Å². The Hall–Kier alpha value is -1.01. The summed E-state index contributed by atoms with van der Waals surface area (Å²) < 4.78 is 5.11. The lowest BCUT2D eigenvalue weighted by molar-refractivity contribution is -0.153. The van der Waals surface area contributed by atoms with Gasteiger partial charge in [0.05, 0.1) is 0 Å². The SMILES string of the molecule is CC(C)(C)OC(=O)CC#CC1(O)CCCC1. The van der Waals surface area contributed by atoms with E-state index in [-0.39, 0.29) is 12.4 Å². The summed E-state index contributed by atoms with van der Waals surface area (Å²) in [6, 6.07) is 0. The largest absolute Gasteiger partial charge is 0.459 e. The molecule has 0 aromatic carbocycles. The van der Waals surface area contributed by atoms with Crippen LogP contribution in [0.5, 0.6) is 0 Å². The van der Waals surface area contributed by atoms with E-state index >= 15 is 0 Å². The Morgan fingerprint density at radius 3 is 2.44 bits per heavy atom. The molecule has 0 heterocycles. The van der Waals surface area contributed by atoms with Crippen molar-refractivity contribution in [2.24, 2.45) is 0 Å². The molecule has 1 saturated carbocycles. The van der Waals surface area contributed by atoms with Gasteiger partial charge in [-0.05, 0) is 46.5 Å². The predicted octanol–water partition coefficient (Wildman–Crippen LogP) is 2.03. The number of aliphatic hydroxyl groups is 1. The Balaban J connectivity index is 2.39. The van der Waals surface area contributed by atoms with Gasteiger partial charge in [0, 0.05) is 0 Å². The lowest BCUT2D eigenvalue weighted by atomic mass is 10.0. The molecular weight excluding hydrogens is 204 g/mol. The maximum absolute atomic E-state index is 11.3. The molecular formula is C13H20O3. The number of ether oxygens (including phenoxy) is 1. The van der Waals surface area contributed by atoms with Crippen LogP contribution >= 0.6 is 0 Å². The summed E-state index contributed by atoms with van der Waals surface area (Å²) in [5, 5.41) is 9.91. The molecule has 0 aromatic rings. The zero-order valence-corrected chi connectivity index (χ0v) is 10.3. The van der Waals surface area contributed by atoms with Crippen molar-refractivity contribution in [3.8, 4) is 11.8 Å². The van der Waals surface area contributed by atoms with Crippen molar-refractivity contribution >= 4 is 5.97 Å². The molecule has 1 fully saturated rings. The van der Waals surface area contributed by atoms with Crippen LogP contribution in [0.2, 0.25) is 0 Å². The molecule has 1 aliphatic carbocycles. The van der Waals surface area contributed by atoms with Gasteiger partial charge in [0.15, 0.2) is 0 Å². The highest BCUT2D eigenvalue weighted by atomic mass is 16.6. The Morgan fingerprint density at radius 2 is 1.94 bits per heavy atom. The highest BCUT2D eigenvalue weighted by Gasteiger charge is 2.28. The molecule has 16 heavy (non-hydrogen) atoms. The fourth-order valence-corrected chi connectivity index (χ4v) is 1.74. The van der Waals surface area contributed by atoms with Crippen molar-refractivity contribution < 1.29 is 14.6 Å². The van der Waals surface area contributed by atoms with E-state index in [0.717, 1.165) is 12.8 Å². The second-order valence-electron chi connectivity index (χ2n) is 5.30. The van der Waals surface area contributed by atoms with E-state index in [1.165, 1.54) is 0 Å². The van der Waals surface area contributed by atoms with Crippen LogP contribution in [0.1, 0.15) is 52.9 Å². The first-order chi connectivity index (χ1) is 7.31. The van der Waals surface area contributed by atoms with Crippen LogP contribution in [0, 0.1) is 11.8 Å². The van der Waals surface area contributed by atoms with Gasteiger partial charge in [-0.2, -0.15) is 0 Å². The van der Waals surface area contributed by atoms with E-state index < -0.39 is 11.2 Å². The van der Waals surface area contributed by atoms with Gasteiger partial charge in [-0.1, -0.05) is 11.8 Å². The summed E-state index contributed by atoms with van der Waals surface area (Å²) in [6.45, 7) is 5.47. The molecule has 0 bridgehead atoms. The number of esters is 1. The monoisotopic (exact) mass is 224 g/mol. The lowest BCUT2D eigenvalue weighted by Gasteiger charge is -2.18. The first-order valence-corrected chi connectivity index (χ1v) is 5.75. The molecule has 0 aliphatic heterocycles. The smallest absolute Gasteiger partial charge is 0.318 e. The summed E-state index contributed by atoms with van der Waals surface area (Å²) >= 11 is 0. The minimum absolute atomic E-state index is 0.0551. The number of carbonyl (C=O) groups is 1. The minimum atomic E-state index is -0.859. The standard InChI is InChI=1S/C13H20O3/c1-12(2,3)16-11(14)7-6-10-13(15)8-4-5-9-13/h15H,4-5,7-9H2,1-3H3. The van der Waals surface area contributed by atoms with Gasteiger partial charge in [-0.3, -0.25) is 4.79 Å². The Morgan fingerprint density at radius 1 is 1.38 bits per heavy atom. The average molecular weight is 224 g/mol. The molecule has 1 aliphatic rings. The van der Waals surface area contributed by atoms with Crippen LogP contribution in [-0.2, 0) is 9.53 Å². The zero-order chi connectivity index (χ0) is 12.2. The fourth-order valence-electron chi connectivity index (χ4n) is 1.74. The van der Waals surface area contributed by atoms with Crippen molar-refractivity contribution in [1.82, 2.24) is 0 Å². The highest BCUT2D eigenvalue weighted by molar-refractivity contribution is 5.72. The number of rotatable bonds is 1. The Bertz CT molecular complexity index is 308. The van der Waals surface area contributed by atoms with Crippen molar-refractivity contribution in [2.75, 3.05) is 0 Å². The van der Waals surface area contributed by atoms with E-state index in [9.17, 15) is 9.90 Å². The predicted molar refractivity (Wildman–Crippen MR) is 61.7 cm³/mol. The molecule has 0 spiro atoms. The molecule has 0 atom stereocenters. The van der Waals surface area contributed by atoms with Gasteiger partial charge in [-0.25, -0.2) is 0 Å². The molecule has 0 amide bonds. The maximum atomic E-state index is 11.3. The second kappa shape index (κ2) is 4.88. The van der Waals surface area contributed by atoms with E-state index in [2.05, 4.69) is 11.8 Å². The lowest BCUT2D eigenvalue weighted by Crippen LogP contribution is -2.24. The quantitative estimate of drug-likeness (QED) is 0.547. The molecule has 0 unspecified atom stereocenters. The Kier molecular flexibility index (Phi) is 3.98. The number of carbonyl (C=O) groups excluding carboxylic acids is 1. The molecule has 0 aromatic heterocycles. The first kappa shape index (κ1) is 13.1. The fraction of sp³-hybridized carbons (Fsp3) is 0.769.